The molecule has 7 heteroatoms. The monoisotopic (exact) mass is 443 g/mol. The lowest BCUT2D eigenvalue weighted by Crippen LogP contribution is -2.29. The summed E-state index contributed by atoms with van der Waals surface area (Å²) in [5.41, 5.74) is 1.48. The molecule has 1 atom stereocenters. The molecule has 1 aromatic carbocycles. The third-order valence-electron chi connectivity index (χ3n) is 3.90. The highest BCUT2D eigenvalue weighted by molar-refractivity contribution is 9.10. The number of rotatable bonds is 9. The second-order valence-electron chi connectivity index (χ2n) is 5.99. The van der Waals surface area contributed by atoms with Crippen molar-refractivity contribution in [3.05, 3.63) is 63.9 Å². The standard InChI is InChI=1S/C21H22BrN3O3/c1-3-5-19(15-8-10-18(11-9-15)28-14-27-2)25-21(26)16(13-23)12-17-6-4-7-20(22)24-17/h4,6-12,19H,3,5,14H2,1-2H3,(H,25,26). The summed E-state index contributed by atoms with van der Waals surface area (Å²) < 4.78 is 10.9. The number of ether oxygens (including phenoxy) is 2. The number of pyridine rings is 1. The van der Waals surface area contributed by atoms with E-state index in [4.69, 9.17) is 9.47 Å². The number of amides is 1. The Morgan fingerprint density at radius 2 is 2.07 bits per heavy atom. The Morgan fingerprint density at radius 3 is 2.68 bits per heavy atom. The number of hydrogen-bond acceptors (Lipinski definition) is 5. The Kier molecular flexibility index (Phi) is 8.66. The molecule has 1 N–H and O–H groups in total. The summed E-state index contributed by atoms with van der Waals surface area (Å²) in [7, 11) is 1.56. The smallest absolute Gasteiger partial charge is 0.262 e. The molecule has 0 radical (unpaired) electrons. The van der Waals surface area contributed by atoms with Crippen molar-refractivity contribution in [1.82, 2.24) is 10.3 Å². The van der Waals surface area contributed by atoms with Crippen LogP contribution in [0.4, 0.5) is 0 Å². The van der Waals surface area contributed by atoms with Crippen LogP contribution in [0.25, 0.3) is 6.08 Å². The Bertz CT molecular complexity index is 860. The molecule has 0 aliphatic rings. The highest BCUT2D eigenvalue weighted by Gasteiger charge is 2.17. The molecule has 0 bridgehead atoms. The van der Waals surface area contributed by atoms with Crippen LogP contribution < -0.4 is 10.1 Å². The minimum atomic E-state index is -0.428. The zero-order valence-electron chi connectivity index (χ0n) is 15.8. The number of aromatic nitrogens is 1. The maximum absolute atomic E-state index is 12.6. The predicted molar refractivity (Wildman–Crippen MR) is 110 cm³/mol. The summed E-state index contributed by atoms with van der Waals surface area (Å²) in [6.07, 6.45) is 3.11. The molecule has 28 heavy (non-hydrogen) atoms. The van der Waals surface area contributed by atoms with Gasteiger partial charge in [-0.15, -0.1) is 0 Å². The van der Waals surface area contributed by atoms with Crippen LogP contribution in [0.1, 0.15) is 37.1 Å². The van der Waals surface area contributed by atoms with Crippen molar-refractivity contribution in [1.29, 1.82) is 5.26 Å². The van der Waals surface area contributed by atoms with Gasteiger partial charge in [-0.1, -0.05) is 31.5 Å². The molecule has 6 nitrogen and oxygen atoms in total. The molecule has 1 aromatic heterocycles. The van der Waals surface area contributed by atoms with Gasteiger partial charge in [0.1, 0.15) is 22.0 Å². The van der Waals surface area contributed by atoms with Crippen molar-refractivity contribution >= 4 is 27.9 Å². The fourth-order valence-electron chi connectivity index (χ4n) is 2.57. The molecular formula is C21H22BrN3O3. The number of methoxy groups -OCH3 is 1. The first kappa shape index (κ1) is 21.6. The van der Waals surface area contributed by atoms with Crippen LogP contribution in [0.3, 0.4) is 0 Å². The second-order valence-corrected chi connectivity index (χ2v) is 6.80. The number of benzene rings is 1. The molecule has 146 valence electrons. The van der Waals surface area contributed by atoms with Gasteiger partial charge in [0.15, 0.2) is 6.79 Å². The van der Waals surface area contributed by atoms with Gasteiger partial charge in [0.2, 0.25) is 0 Å². The van der Waals surface area contributed by atoms with Gasteiger partial charge in [-0.2, -0.15) is 5.26 Å². The summed E-state index contributed by atoms with van der Waals surface area (Å²) in [5, 5.41) is 12.4. The van der Waals surface area contributed by atoms with E-state index in [0.29, 0.717) is 16.0 Å². The Hall–Kier alpha value is -2.69. The van der Waals surface area contributed by atoms with E-state index in [1.165, 1.54) is 6.08 Å². The van der Waals surface area contributed by atoms with Crippen LogP contribution in [0.5, 0.6) is 5.75 Å². The summed E-state index contributed by atoms with van der Waals surface area (Å²) in [6.45, 7) is 2.22. The van der Waals surface area contributed by atoms with Crippen LogP contribution in [0.2, 0.25) is 0 Å². The number of halogens is 1. The average molecular weight is 444 g/mol. The van der Waals surface area contributed by atoms with Gasteiger partial charge in [-0.05, 0) is 58.3 Å². The quantitative estimate of drug-likeness (QED) is 0.268. The molecule has 0 saturated heterocycles. The zero-order valence-corrected chi connectivity index (χ0v) is 17.4. The van der Waals surface area contributed by atoms with E-state index < -0.39 is 5.91 Å². The van der Waals surface area contributed by atoms with Gasteiger partial charge in [0.05, 0.1) is 11.7 Å². The van der Waals surface area contributed by atoms with Crippen molar-refractivity contribution in [2.75, 3.05) is 13.9 Å². The SMILES string of the molecule is CCCC(NC(=O)C(C#N)=Cc1cccc(Br)n1)c1ccc(OCOC)cc1. The van der Waals surface area contributed by atoms with E-state index >= 15 is 0 Å². The number of nitrogens with zero attached hydrogens (tertiary/aromatic N) is 2. The molecule has 2 rings (SSSR count). The molecule has 1 unspecified atom stereocenters. The fraction of sp³-hybridized carbons (Fsp3) is 0.286. The van der Waals surface area contributed by atoms with Gasteiger partial charge in [-0.25, -0.2) is 4.98 Å². The van der Waals surface area contributed by atoms with E-state index in [0.717, 1.165) is 18.4 Å². The number of carbonyl (C=O) groups is 1. The lowest BCUT2D eigenvalue weighted by molar-refractivity contribution is -0.117. The summed E-state index contributed by atoms with van der Waals surface area (Å²) in [5.74, 6) is 0.257. The molecule has 1 amide bonds. The van der Waals surface area contributed by atoms with Gasteiger partial charge < -0.3 is 14.8 Å². The van der Waals surface area contributed by atoms with Crippen molar-refractivity contribution < 1.29 is 14.3 Å². The molecule has 0 saturated carbocycles. The van der Waals surface area contributed by atoms with Crippen molar-refractivity contribution in [3.63, 3.8) is 0 Å². The number of nitriles is 1. The lowest BCUT2D eigenvalue weighted by Gasteiger charge is -2.19. The van der Waals surface area contributed by atoms with Crippen molar-refractivity contribution in [2.45, 2.75) is 25.8 Å². The lowest BCUT2D eigenvalue weighted by atomic mass is 10.0. The first-order valence-electron chi connectivity index (χ1n) is 8.84. The molecular weight excluding hydrogens is 422 g/mol. The van der Waals surface area contributed by atoms with Crippen molar-refractivity contribution in [3.8, 4) is 11.8 Å². The van der Waals surface area contributed by atoms with Gasteiger partial charge >= 0.3 is 0 Å². The zero-order chi connectivity index (χ0) is 20.4. The highest BCUT2D eigenvalue weighted by atomic mass is 79.9. The molecule has 2 aromatic rings. The first-order chi connectivity index (χ1) is 13.6. The van der Waals surface area contributed by atoms with Crippen molar-refractivity contribution in [2.24, 2.45) is 0 Å². The molecule has 0 aliphatic carbocycles. The van der Waals surface area contributed by atoms with Crippen LogP contribution in [0, 0.1) is 11.3 Å². The minimum absolute atomic E-state index is 0.00625. The minimum Gasteiger partial charge on any atom is -0.468 e. The maximum Gasteiger partial charge on any atom is 0.262 e. The molecule has 0 aliphatic heterocycles. The van der Waals surface area contributed by atoms with E-state index in [-0.39, 0.29) is 18.4 Å². The average Bonchev–Trinajstić information content (AvgIpc) is 2.70. The van der Waals surface area contributed by atoms with Gasteiger partial charge in [-0.3, -0.25) is 4.79 Å². The number of nitrogens with one attached hydrogen (secondary N) is 1. The topological polar surface area (TPSA) is 84.2 Å². The van der Waals surface area contributed by atoms with Crippen LogP contribution >= 0.6 is 15.9 Å². The van der Waals surface area contributed by atoms with E-state index in [9.17, 15) is 10.1 Å². The second kappa shape index (κ2) is 11.2. The highest BCUT2D eigenvalue weighted by Crippen LogP contribution is 2.22. The first-order valence-corrected chi connectivity index (χ1v) is 9.63. The normalized spacial score (nSPS) is 12.1. The van der Waals surface area contributed by atoms with Gasteiger partial charge in [0.25, 0.3) is 5.91 Å². The predicted octanol–water partition coefficient (Wildman–Crippen LogP) is 4.39. The van der Waals surface area contributed by atoms with Crippen LogP contribution in [0.15, 0.2) is 52.6 Å². The largest absolute Gasteiger partial charge is 0.468 e. The van der Waals surface area contributed by atoms with E-state index in [2.05, 4.69) is 26.2 Å². The number of carbonyl (C=O) groups excluding carboxylic acids is 1. The number of hydrogen-bond donors (Lipinski definition) is 1. The fourth-order valence-corrected chi connectivity index (χ4v) is 2.93. The van der Waals surface area contributed by atoms with Crippen LogP contribution in [-0.4, -0.2) is 24.8 Å². The van der Waals surface area contributed by atoms with E-state index in [1.807, 2.05) is 37.3 Å². The molecule has 0 fully saturated rings. The van der Waals surface area contributed by atoms with Crippen LogP contribution in [-0.2, 0) is 9.53 Å². The maximum atomic E-state index is 12.6. The Morgan fingerprint density at radius 1 is 1.32 bits per heavy atom. The van der Waals surface area contributed by atoms with Gasteiger partial charge in [0, 0.05) is 7.11 Å². The molecule has 1 heterocycles. The summed E-state index contributed by atoms with van der Waals surface area (Å²) in [4.78, 5) is 16.9. The van der Waals surface area contributed by atoms with E-state index in [1.54, 1.807) is 25.3 Å². The Labute approximate surface area is 173 Å². The third kappa shape index (κ3) is 6.48. The summed E-state index contributed by atoms with van der Waals surface area (Å²) in [6, 6.07) is 14.5. The molecule has 0 spiro atoms. The Balaban J connectivity index is 2.15. The summed E-state index contributed by atoms with van der Waals surface area (Å²) >= 11 is 3.28. The third-order valence-corrected chi connectivity index (χ3v) is 4.34.